The van der Waals surface area contributed by atoms with E-state index in [1.54, 1.807) is 6.92 Å². The van der Waals surface area contributed by atoms with Crippen LogP contribution in [-0.4, -0.2) is 22.0 Å². The smallest absolute Gasteiger partial charge is 0.336 e. The summed E-state index contributed by atoms with van der Waals surface area (Å²) >= 11 is 0. The van der Waals surface area contributed by atoms with Crippen LogP contribution in [0.25, 0.3) is 11.0 Å². The van der Waals surface area contributed by atoms with E-state index in [9.17, 15) is 24.6 Å². The van der Waals surface area contributed by atoms with Gasteiger partial charge in [-0.05, 0) is 52.9 Å². The lowest BCUT2D eigenvalue weighted by atomic mass is 9.92. The zero-order chi connectivity index (χ0) is 26.3. The maximum absolute atomic E-state index is 13.0. The molecule has 1 unspecified atom stereocenters. The molecule has 0 fully saturated rings. The molecule has 190 valence electrons. The molecule has 2 aromatic rings. The van der Waals surface area contributed by atoms with E-state index in [0.29, 0.717) is 12.8 Å². The summed E-state index contributed by atoms with van der Waals surface area (Å²) in [5.74, 6) is -1.65. The Labute approximate surface area is 206 Å². The van der Waals surface area contributed by atoms with Gasteiger partial charge in [-0.2, -0.15) is 0 Å². The van der Waals surface area contributed by atoms with Gasteiger partial charge in [0.15, 0.2) is 11.4 Å². The van der Waals surface area contributed by atoms with Gasteiger partial charge in [0.05, 0.1) is 5.39 Å². The fourth-order valence-corrected chi connectivity index (χ4v) is 4.05. The van der Waals surface area contributed by atoms with Crippen LogP contribution in [0.5, 0.6) is 11.5 Å². The number of carbonyl (C=O) groups is 2. The molecule has 35 heavy (non-hydrogen) atoms. The van der Waals surface area contributed by atoms with Crippen LogP contribution < -0.4 is 5.63 Å². The minimum atomic E-state index is -0.835. The first-order valence-electron chi connectivity index (χ1n) is 12.1. The van der Waals surface area contributed by atoms with Crippen molar-refractivity contribution in [3.8, 4) is 11.5 Å². The Morgan fingerprint density at radius 1 is 1.06 bits per heavy atom. The molecular formula is C28H36O7. The second kappa shape index (κ2) is 12.4. The second-order valence-electron chi connectivity index (χ2n) is 9.03. The molecule has 1 aromatic heterocycles. The summed E-state index contributed by atoms with van der Waals surface area (Å²) in [6.45, 7) is 10.9. The number of phenols is 2. The number of aromatic hydroxyl groups is 2. The van der Waals surface area contributed by atoms with Gasteiger partial charge in [-0.15, -0.1) is 0 Å². The summed E-state index contributed by atoms with van der Waals surface area (Å²) in [7, 11) is 0. The predicted octanol–water partition coefficient (Wildman–Crippen LogP) is 6.44. The minimum absolute atomic E-state index is 0.0977. The molecule has 0 aliphatic rings. The van der Waals surface area contributed by atoms with Crippen molar-refractivity contribution in [3.63, 3.8) is 0 Å². The number of ether oxygens (including phenoxy) is 1. The highest BCUT2D eigenvalue weighted by atomic mass is 16.5. The van der Waals surface area contributed by atoms with E-state index < -0.39 is 29.2 Å². The maximum atomic E-state index is 13.0. The molecule has 0 saturated carbocycles. The molecule has 0 saturated heterocycles. The molecule has 0 aliphatic carbocycles. The summed E-state index contributed by atoms with van der Waals surface area (Å²) in [6.07, 6.45) is 6.03. The molecule has 1 heterocycles. The molecule has 0 spiro atoms. The molecule has 2 N–H and O–H groups in total. The van der Waals surface area contributed by atoms with Crippen LogP contribution in [0, 0.1) is 0 Å². The summed E-state index contributed by atoms with van der Waals surface area (Å²) in [6, 6.07) is 1.16. The molecule has 0 amide bonds. The van der Waals surface area contributed by atoms with E-state index in [2.05, 4.69) is 6.08 Å². The highest BCUT2D eigenvalue weighted by molar-refractivity contribution is 6.11. The summed E-state index contributed by atoms with van der Waals surface area (Å²) in [5, 5.41) is 22.4. The van der Waals surface area contributed by atoms with Crippen molar-refractivity contribution in [1.29, 1.82) is 0 Å². The number of hydrogen-bond acceptors (Lipinski definition) is 7. The number of esters is 1. The average molecular weight is 485 g/mol. The Bertz CT molecular complexity index is 1210. The van der Waals surface area contributed by atoms with Gasteiger partial charge in [0, 0.05) is 30.5 Å². The van der Waals surface area contributed by atoms with Crippen LogP contribution >= 0.6 is 0 Å². The molecular weight excluding hydrogens is 448 g/mol. The lowest BCUT2D eigenvalue weighted by Crippen LogP contribution is -2.13. The van der Waals surface area contributed by atoms with Crippen molar-refractivity contribution in [2.24, 2.45) is 0 Å². The highest BCUT2D eigenvalue weighted by Crippen LogP contribution is 2.44. The number of ketones is 1. The van der Waals surface area contributed by atoms with Crippen molar-refractivity contribution in [3.05, 3.63) is 56.5 Å². The highest BCUT2D eigenvalue weighted by Gasteiger charge is 2.29. The number of benzene rings is 1. The van der Waals surface area contributed by atoms with Gasteiger partial charge in [-0.3, -0.25) is 9.59 Å². The van der Waals surface area contributed by atoms with E-state index in [4.69, 9.17) is 9.15 Å². The van der Waals surface area contributed by atoms with E-state index >= 15 is 0 Å². The van der Waals surface area contributed by atoms with Gasteiger partial charge in [0.2, 0.25) is 0 Å². The number of rotatable bonds is 11. The Kier molecular flexibility index (Phi) is 9.87. The first-order valence-corrected chi connectivity index (χ1v) is 12.1. The number of Topliss-reactive ketones (excluding diaryl/α,β-unsaturated/α-hetero) is 1. The van der Waals surface area contributed by atoms with Crippen LogP contribution in [0.2, 0.25) is 0 Å². The second-order valence-corrected chi connectivity index (χ2v) is 9.03. The SMILES string of the molecule is CCCC(=O)c1c(O)c(CC=C(C)CCC=C(C)C)c(O)c2c(C(CC)OC(C)=O)cc(=O)oc12. The molecule has 1 atom stereocenters. The number of phenolic OH excluding ortho intramolecular Hbond substituents is 2. The third-order valence-corrected chi connectivity index (χ3v) is 5.79. The molecule has 2 rings (SSSR count). The van der Waals surface area contributed by atoms with Crippen molar-refractivity contribution in [2.45, 2.75) is 86.2 Å². The van der Waals surface area contributed by atoms with Crippen LogP contribution in [0.4, 0.5) is 0 Å². The summed E-state index contributed by atoms with van der Waals surface area (Å²) in [5.41, 5.74) is 1.59. The molecule has 0 radical (unpaired) electrons. The van der Waals surface area contributed by atoms with E-state index in [1.165, 1.54) is 12.5 Å². The fraction of sp³-hybridized carbons (Fsp3) is 0.464. The van der Waals surface area contributed by atoms with Gasteiger partial charge >= 0.3 is 11.6 Å². The van der Waals surface area contributed by atoms with E-state index in [1.807, 2.05) is 33.8 Å². The number of fused-ring (bicyclic) bond motifs is 1. The normalized spacial score (nSPS) is 12.5. The van der Waals surface area contributed by atoms with Crippen LogP contribution in [0.3, 0.4) is 0 Å². The Morgan fingerprint density at radius 2 is 1.74 bits per heavy atom. The third-order valence-electron chi connectivity index (χ3n) is 5.79. The maximum Gasteiger partial charge on any atom is 0.336 e. The lowest BCUT2D eigenvalue weighted by molar-refractivity contribution is -0.146. The standard InChI is InChI=1S/C28H36O7/c1-7-10-21(30)25-27(33)19(14-13-17(5)12-9-11-16(3)4)26(32)24-20(15-23(31)35-28(24)25)22(8-2)34-18(6)29/h11,13,15,22,32-33H,7-10,12,14H2,1-6H3. The van der Waals surface area contributed by atoms with E-state index in [0.717, 1.165) is 24.5 Å². The molecule has 7 heteroatoms. The van der Waals surface area contributed by atoms with Crippen molar-refractivity contribution >= 4 is 22.7 Å². The lowest BCUT2D eigenvalue weighted by Gasteiger charge is -2.20. The predicted molar refractivity (Wildman–Crippen MR) is 136 cm³/mol. The first kappa shape index (κ1) is 27.9. The Morgan fingerprint density at radius 3 is 2.31 bits per heavy atom. The Hall–Kier alpha value is -3.35. The van der Waals surface area contributed by atoms with Crippen LogP contribution in [0.1, 0.15) is 101 Å². The molecule has 0 bridgehead atoms. The number of hydrogen-bond donors (Lipinski definition) is 2. The first-order chi connectivity index (χ1) is 16.5. The van der Waals surface area contributed by atoms with Crippen molar-refractivity contribution < 1.29 is 29.0 Å². The van der Waals surface area contributed by atoms with Crippen molar-refractivity contribution in [2.75, 3.05) is 0 Å². The average Bonchev–Trinajstić information content (AvgIpc) is 2.76. The van der Waals surface area contributed by atoms with Gasteiger partial charge < -0.3 is 19.4 Å². The molecule has 1 aromatic carbocycles. The van der Waals surface area contributed by atoms with Crippen molar-refractivity contribution in [1.82, 2.24) is 0 Å². The van der Waals surface area contributed by atoms with Gasteiger partial charge in [-0.1, -0.05) is 37.1 Å². The van der Waals surface area contributed by atoms with Gasteiger partial charge in [0.25, 0.3) is 0 Å². The van der Waals surface area contributed by atoms with Crippen LogP contribution in [0.15, 0.2) is 38.6 Å². The van der Waals surface area contributed by atoms with E-state index in [-0.39, 0.29) is 46.3 Å². The zero-order valence-electron chi connectivity index (χ0n) is 21.5. The quantitative estimate of drug-likeness (QED) is 0.163. The van der Waals surface area contributed by atoms with Gasteiger partial charge in [0.1, 0.15) is 23.2 Å². The topological polar surface area (TPSA) is 114 Å². The van der Waals surface area contributed by atoms with Gasteiger partial charge in [-0.25, -0.2) is 4.79 Å². The third kappa shape index (κ3) is 6.84. The van der Waals surface area contributed by atoms with Crippen LogP contribution in [-0.2, 0) is 16.0 Å². The monoisotopic (exact) mass is 484 g/mol. The summed E-state index contributed by atoms with van der Waals surface area (Å²) < 4.78 is 10.7. The summed E-state index contributed by atoms with van der Waals surface area (Å²) in [4.78, 5) is 37.1. The Balaban J connectivity index is 2.79. The number of allylic oxidation sites excluding steroid dienone is 4. The molecule has 0 aliphatic heterocycles. The molecule has 7 nitrogen and oxygen atoms in total. The largest absolute Gasteiger partial charge is 0.507 e. The fourth-order valence-electron chi connectivity index (χ4n) is 4.05. The zero-order valence-corrected chi connectivity index (χ0v) is 21.5. The minimum Gasteiger partial charge on any atom is -0.507 e. The number of carbonyl (C=O) groups excluding carboxylic acids is 2.